The number of aldehydes is 1. The van der Waals surface area contributed by atoms with Crippen LogP contribution in [-0.4, -0.2) is 17.9 Å². The molecule has 102 valence electrons. The average Bonchev–Trinajstić information content (AvgIpc) is 2.14. The first kappa shape index (κ1) is 16.6. The van der Waals surface area contributed by atoms with Crippen LogP contribution in [0.25, 0.3) is 0 Å². The molecule has 0 unspecified atom stereocenters. The topological polar surface area (TPSA) is 43.4 Å². The molecule has 0 saturated carbocycles. The van der Waals surface area contributed by atoms with Gasteiger partial charge < -0.3 is 4.74 Å². The predicted octanol–water partition coefficient (Wildman–Crippen LogP) is 3.59. The van der Waals surface area contributed by atoms with E-state index < -0.39 is 5.60 Å². The Morgan fingerprint density at radius 3 is 2.28 bits per heavy atom. The lowest BCUT2D eigenvalue weighted by atomic mass is 10.1. The molecule has 0 aliphatic carbocycles. The zero-order valence-electron chi connectivity index (χ0n) is 12.1. The SMILES string of the molecule is CC(=CC=O)CCC=C(C)CC(=O)OC(C)(C)C. The highest BCUT2D eigenvalue weighted by Crippen LogP contribution is 2.13. The first-order valence-electron chi connectivity index (χ1n) is 6.23. The standard InChI is InChI=1S/C15H24O3/c1-12(9-10-16)7-6-8-13(2)11-14(17)18-15(3,4)5/h8-10H,6-7,11H2,1-5H3. The van der Waals surface area contributed by atoms with Crippen molar-refractivity contribution in [1.29, 1.82) is 0 Å². The number of esters is 1. The van der Waals surface area contributed by atoms with Gasteiger partial charge in [-0.2, -0.15) is 0 Å². The van der Waals surface area contributed by atoms with Gasteiger partial charge in [0.05, 0.1) is 6.42 Å². The van der Waals surface area contributed by atoms with Gasteiger partial charge in [0.15, 0.2) is 0 Å². The molecule has 0 spiro atoms. The molecule has 0 aromatic carbocycles. The van der Waals surface area contributed by atoms with Gasteiger partial charge in [-0.3, -0.25) is 9.59 Å². The highest BCUT2D eigenvalue weighted by Gasteiger charge is 2.15. The summed E-state index contributed by atoms with van der Waals surface area (Å²) in [4.78, 5) is 21.8. The van der Waals surface area contributed by atoms with Crippen LogP contribution in [0.5, 0.6) is 0 Å². The van der Waals surface area contributed by atoms with Crippen molar-refractivity contribution in [2.75, 3.05) is 0 Å². The zero-order chi connectivity index (χ0) is 14.2. The van der Waals surface area contributed by atoms with Crippen molar-refractivity contribution < 1.29 is 14.3 Å². The summed E-state index contributed by atoms with van der Waals surface area (Å²) < 4.78 is 5.24. The summed E-state index contributed by atoms with van der Waals surface area (Å²) in [6.45, 7) is 9.42. The van der Waals surface area contributed by atoms with Gasteiger partial charge in [-0.15, -0.1) is 0 Å². The Hall–Kier alpha value is -1.38. The van der Waals surface area contributed by atoms with Crippen LogP contribution in [0.3, 0.4) is 0 Å². The number of ether oxygens (including phenoxy) is 1. The molecule has 18 heavy (non-hydrogen) atoms. The van der Waals surface area contributed by atoms with Crippen molar-refractivity contribution in [3.8, 4) is 0 Å². The van der Waals surface area contributed by atoms with Crippen LogP contribution in [0.4, 0.5) is 0 Å². The van der Waals surface area contributed by atoms with Crippen LogP contribution < -0.4 is 0 Å². The van der Waals surface area contributed by atoms with Gasteiger partial charge in [-0.25, -0.2) is 0 Å². The highest BCUT2D eigenvalue weighted by molar-refractivity contribution is 5.72. The van der Waals surface area contributed by atoms with Crippen LogP contribution >= 0.6 is 0 Å². The Morgan fingerprint density at radius 2 is 1.78 bits per heavy atom. The smallest absolute Gasteiger partial charge is 0.310 e. The van der Waals surface area contributed by atoms with Crippen LogP contribution in [0.15, 0.2) is 23.3 Å². The summed E-state index contributed by atoms with van der Waals surface area (Å²) in [5.41, 5.74) is 1.62. The van der Waals surface area contributed by atoms with Crippen LogP contribution in [0, 0.1) is 0 Å². The largest absolute Gasteiger partial charge is 0.460 e. The van der Waals surface area contributed by atoms with Gasteiger partial charge >= 0.3 is 5.97 Å². The van der Waals surface area contributed by atoms with E-state index in [1.165, 1.54) is 0 Å². The maximum Gasteiger partial charge on any atom is 0.310 e. The fourth-order valence-electron chi connectivity index (χ4n) is 1.42. The van der Waals surface area contributed by atoms with Crippen molar-refractivity contribution >= 4 is 12.3 Å². The normalized spacial score (nSPS) is 13.4. The molecular weight excluding hydrogens is 228 g/mol. The molecule has 0 aromatic rings. The van der Waals surface area contributed by atoms with Crippen LogP contribution in [0.1, 0.15) is 53.9 Å². The van der Waals surface area contributed by atoms with Gasteiger partial charge in [0.1, 0.15) is 11.9 Å². The minimum Gasteiger partial charge on any atom is -0.460 e. The van der Waals surface area contributed by atoms with E-state index in [0.29, 0.717) is 6.42 Å². The number of allylic oxidation sites excluding steroid dienone is 3. The van der Waals surface area contributed by atoms with Gasteiger partial charge in [0.25, 0.3) is 0 Å². The quantitative estimate of drug-likeness (QED) is 0.314. The molecule has 0 heterocycles. The molecule has 0 N–H and O–H groups in total. The maximum absolute atomic E-state index is 11.5. The summed E-state index contributed by atoms with van der Waals surface area (Å²) in [7, 11) is 0. The van der Waals surface area contributed by atoms with Gasteiger partial charge in [0, 0.05) is 0 Å². The second-order valence-corrected chi connectivity index (χ2v) is 5.50. The third kappa shape index (κ3) is 9.82. The van der Waals surface area contributed by atoms with Gasteiger partial charge in [0.2, 0.25) is 0 Å². The van der Waals surface area contributed by atoms with E-state index in [2.05, 4.69) is 0 Å². The van der Waals surface area contributed by atoms with Crippen molar-refractivity contribution in [3.05, 3.63) is 23.3 Å². The summed E-state index contributed by atoms with van der Waals surface area (Å²) >= 11 is 0. The van der Waals surface area contributed by atoms with Gasteiger partial charge in [-0.1, -0.05) is 17.2 Å². The van der Waals surface area contributed by atoms with E-state index in [4.69, 9.17) is 4.74 Å². The lowest BCUT2D eigenvalue weighted by Crippen LogP contribution is -2.23. The minimum atomic E-state index is -0.430. The third-order valence-corrected chi connectivity index (χ3v) is 2.23. The molecule has 0 saturated heterocycles. The van der Waals surface area contributed by atoms with E-state index in [0.717, 1.165) is 30.3 Å². The zero-order valence-corrected chi connectivity index (χ0v) is 12.1. The monoisotopic (exact) mass is 252 g/mol. The van der Waals surface area contributed by atoms with Crippen LogP contribution in [-0.2, 0) is 14.3 Å². The number of hydrogen-bond acceptors (Lipinski definition) is 3. The molecule has 0 fully saturated rings. The Morgan fingerprint density at radius 1 is 1.17 bits per heavy atom. The molecule has 3 nitrogen and oxygen atoms in total. The lowest BCUT2D eigenvalue weighted by Gasteiger charge is -2.19. The number of hydrogen-bond donors (Lipinski definition) is 0. The molecule has 3 heteroatoms. The minimum absolute atomic E-state index is 0.198. The summed E-state index contributed by atoms with van der Waals surface area (Å²) in [6, 6.07) is 0. The van der Waals surface area contributed by atoms with E-state index in [1.807, 2.05) is 40.7 Å². The van der Waals surface area contributed by atoms with Crippen molar-refractivity contribution in [2.24, 2.45) is 0 Å². The summed E-state index contributed by atoms with van der Waals surface area (Å²) in [5.74, 6) is -0.198. The van der Waals surface area contributed by atoms with E-state index >= 15 is 0 Å². The van der Waals surface area contributed by atoms with Crippen molar-refractivity contribution in [2.45, 2.75) is 59.5 Å². The molecule has 0 amide bonds. The van der Waals surface area contributed by atoms with E-state index in [9.17, 15) is 9.59 Å². The summed E-state index contributed by atoms with van der Waals surface area (Å²) in [5, 5.41) is 0. The lowest BCUT2D eigenvalue weighted by molar-refractivity contribution is -0.153. The maximum atomic E-state index is 11.5. The third-order valence-electron chi connectivity index (χ3n) is 2.23. The molecule has 0 atom stereocenters. The Balaban J connectivity index is 4.09. The average molecular weight is 252 g/mol. The molecule has 0 aromatic heterocycles. The molecule has 0 radical (unpaired) electrons. The fourth-order valence-corrected chi connectivity index (χ4v) is 1.42. The number of carbonyl (C=O) groups excluding carboxylic acids is 2. The predicted molar refractivity (Wildman–Crippen MR) is 73.3 cm³/mol. The van der Waals surface area contributed by atoms with Crippen molar-refractivity contribution in [1.82, 2.24) is 0 Å². The Kier molecular flexibility index (Phi) is 7.25. The number of carbonyl (C=O) groups is 2. The van der Waals surface area contributed by atoms with Crippen LogP contribution in [0.2, 0.25) is 0 Å². The Labute approximate surface area is 110 Å². The van der Waals surface area contributed by atoms with E-state index in [1.54, 1.807) is 6.08 Å². The molecule has 0 rings (SSSR count). The van der Waals surface area contributed by atoms with Crippen molar-refractivity contribution in [3.63, 3.8) is 0 Å². The molecule has 0 bridgehead atoms. The second kappa shape index (κ2) is 7.85. The van der Waals surface area contributed by atoms with Gasteiger partial charge in [-0.05, 0) is 53.5 Å². The second-order valence-electron chi connectivity index (χ2n) is 5.50. The number of rotatable bonds is 6. The highest BCUT2D eigenvalue weighted by atomic mass is 16.6. The summed E-state index contributed by atoms with van der Waals surface area (Å²) in [6.07, 6.45) is 6.39. The van der Waals surface area contributed by atoms with E-state index in [-0.39, 0.29) is 5.97 Å². The molecular formula is C15H24O3. The first-order valence-corrected chi connectivity index (χ1v) is 6.23. The fraction of sp³-hybridized carbons (Fsp3) is 0.600. The Bertz CT molecular complexity index is 343. The molecule has 0 aliphatic rings. The first-order chi connectivity index (χ1) is 8.24. The molecule has 0 aliphatic heterocycles.